The highest BCUT2D eigenvalue weighted by molar-refractivity contribution is 9.10. The van der Waals surface area contributed by atoms with Gasteiger partial charge in [0.05, 0.1) is 6.20 Å². The minimum Gasteiger partial charge on any atom is -0.487 e. The van der Waals surface area contributed by atoms with Crippen LogP contribution in [0.3, 0.4) is 0 Å². The summed E-state index contributed by atoms with van der Waals surface area (Å²) >= 11 is 5.02. The molecule has 0 aliphatic heterocycles. The Bertz CT molecular complexity index is 487. The van der Waals surface area contributed by atoms with E-state index in [-0.39, 0.29) is 0 Å². The molecule has 1 heterocycles. The Morgan fingerprint density at radius 2 is 2.18 bits per heavy atom. The molecule has 2 nitrogen and oxygen atoms in total. The van der Waals surface area contributed by atoms with Crippen LogP contribution >= 0.6 is 27.7 Å². The molecule has 0 atom stereocenters. The molecule has 4 heteroatoms. The Morgan fingerprint density at radius 3 is 2.88 bits per heavy atom. The predicted octanol–water partition coefficient (Wildman–Crippen LogP) is 4.15. The molecule has 0 aliphatic carbocycles. The molecule has 0 saturated heterocycles. The molecule has 0 amide bonds. The molecule has 0 saturated carbocycles. The summed E-state index contributed by atoms with van der Waals surface area (Å²) in [6, 6.07) is 12.1. The second kappa shape index (κ2) is 6.07. The van der Waals surface area contributed by atoms with Gasteiger partial charge in [0.25, 0.3) is 0 Å². The standard InChI is InChI=1S/C13H12BrNOS/c1-17-12-4-2-3-10(7-12)9-16-11-5-6-13(14)15-8-11/h2-8H,9H2,1H3. The molecule has 2 aromatic rings. The van der Waals surface area contributed by atoms with Crippen LogP contribution in [0, 0.1) is 0 Å². The molecule has 17 heavy (non-hydrogen) atoms. The van der Waals surface area contributed by atoms with Crippen molar-refractivity contribution < 1.29 is 4.74 Å². The second-order valence-corrected chi connectivity index (χ2v) is 5.15. The first-order valence-electron chi connectivity index (χ1n) is 5.15. The minimum atomic E-state index is 0.567. The van der Waals surface area contributed by atoms with Gasteiger partial charge in [-0.1, -0.05) is 12.1 Å². The highest BCUT2D eigenvalue weighted by atomic mass is 79.9. The van der Waals surface area contributed by atoms with Gasteiger partial charge in [-0.25, -0.2) is 4.98 Å². The molecule has 0 bridgehead atoms. The summed E-state index contributed by atoms with van der Waals surface area (Å²) in [4.78, 5) is 5.36. The van der Waals surface area contributed by atoms with E-state index in [4.69, 9.17) is 4.74 Å². The lowest BCUT2D eigenvalue weighted by atomic mass is 10.2. The zero-order valence-corrected chi connectivity index (χ0v) is 11.8. The normalized spacial score (nSPS) is 10.2. The largest absolute Gasteiger partial charge is 0.487 e. The van der Waals surface area contributed by atoms with Gasteiger partial charge in [-0.3, -0.25) is 0 Å². The Balaban J connectivity index is 1.99. The van der Waals surface area contributed by atoms with E-state index in [2.05, 4.69) is 45.4 Å². The summed E-state index contributed by atoms with van der Waals surface area (Å²) in [7, 11) is 0. The monoisotopic (exact) mass is 309 g/mol. The Kier molecular flexibility index (Phi) is 4.45. The quantitative estimate of drug-likeness (QED) is 0.626. The van der Waals surface area contributed by atoms with Crippen molar-refractivity contribution in [2.75, 3.05) is 6.26 Å². The number of halogens is 1. The fraction of sp³-hybridized carbons (Fsp3) is 0.154. The van der Waals surface area contributed by atoms with Crippen LogP contribution in [-0.2, 0) is 6.61 Å². The van der Waals surface area contributed by atoms with E-state index in [0.717, 1.165) is 10.4 Å². The lowest BCUT2D eigenvalue weighted by Crippen LogP contribution is -1.95. The average Bonchev–Trinajstić information content (AvgIpc) is 2.38. The highest BCUT2D eigenvalue weighted by Crippen LogP contribution is 2.18. The van der Waals surface area contributed by atoms with Crippen LogP contribution < -0.4 is 4.74 Å². The number of pyridine rings is 1. The van der Waals surface area contributed by atoms with Gasteiger partial charge in [-0.15, -0.1) is 11.8 Å². The van der Waals surface area contributed by atoms with E-state index < -0.39 is 0 Å². The molecule has 0 spiro atoms. The summed E-state index contributed by atoms with van der Waals surface area (Å²) in [6.07, 6.45) is 3.78. The fourth-order valence-corrected chi connectivity index (χ4v) is 2.09. The summed E-state index contributed by atoms with van der Waals surface area (Å²) in [5.74, 6) is 0.780. The van der Waals surface area contributed by atoms with E-state index >= 15 is 0 Å². The van der Waals surface area contributed by atoms with Crippen molar-refractivity contribution in [2.24, 2.45) is 0 Å². The van der Waals surface area contributed by atoms with Crippen LogP contribution in [0.2, 0.25) is 0 Å². The van der Waals surface area contributed by atoms with Crippen LogP contribution in [0.1, 0.15) is 5.56 Å². The lowest BCUT2D eigenvalue weighted by molar-refractivity contribution is 0.304. The van der Waals surface area contributed by atoms with Crippen LogP contribution in [0.25, 0.3) is 0 Å². The van der Waals surface area contributed by atoms with Gasteiger partial charge in [0.2, 0.25) is 0 Å². The van der Waals surface area contributed by atoms with Gasteiger partial charge >= 0.3 is 0 Å². The topological polar surface area (TPSA) is 22.1 Å². The van der Waals surface area contributed by atoms with Crippen LogP contribution in [0.5, 0.6) is 5.75 Å². The van der Waals surface area contributed by atoms with Crippen LogP contribution in [0.15, 0.2) is 52.1 Å². The number of benzene rings is 1. The maximum absolute atomic E-state index is 5.65. The number of ether oxygens (including phenoxy) is 1. The van der Waals surface area contributed by atoms with Gasteiger partial charge in [0, 0.05) is 4.90 Å². The number of nitrogens with zero attached hydrogens (tertiary/aromatic N) is 1. The maximum atomic E-state index is 5.65. The number of aromatic nitrogens is 1. The van der Waals surface area contributed by atoms with E-state index in [0.29, 0.717) is 6.61 Å². The van der Waals surface area contributed by atoms with Crippen LogP contribution in [-0.4, -0.2) is 11.2 Å². The third-order valence-electron chi connectivity index (χ3n) is 2.24. The molecule has 1 aromatic carbocycles. The highest BCUT2D eigenvalue weighted by Gasteiger charge is 1.98. The van der Waals surface area contributed by atoms with E-state index in [1.54, 1.807) is 18.0 Å². The Labute approximate surface area is 114 Å². The molecule has 0 aliphatic rings. The molecule has 2 rings (SSSR count). The average molecular weight is 310 g/mol. The molecule has 0 unspecified atom stereocenters. The Morgan fingerprint density at radius 1 is 1.29 bits per heavy atom. The molecule has 0 radical (unpaired) electrons. The van der Waals surface area contributed by atoms with Crippen molar-refractivity contribution in [3.05, 3.63) is 52.8 Å². The minimum absolute atomic E-state index is 0.567. The van der Waals surface area contributed by atoms with Crippen molar-refractivity contribution >= 4 is 27.7 Å². The van der Waals surface area contributed by atoms with E-state index in [1.807, 2.05) is 18.2 Å². The smallest absolute Gasteiger partial charge is 0.138 e. The van der Waals surface area contributed by atoms with E-state index in [1.165, 1.54) is 10.5 Å². The van der Waals surface area contributed by atoms with Crippen molar-refractivity contribution in [1.29, 1.82) is 0 Å². The van der Waals surface area contributed by atoms with Gasteiger partial charge in [0.15, 0.2) is 0 Å². The predicted molar refractivity (Wildman–Crippen MR) is 74.5 cm³/mol. The first-order valence-corrected chi connectivity index (χ1v) is 7.17. The lowest BCUT2D eigenvalue weighted by Gasteiger charge is -2.06. The number of thioether (sulfide) groups is 1. The zero-order valence-electron chi connectivity index (χ0n) is 9.39. The van der Waals surface area contributed by atoms with Gasteiger partial charge < -0.3 is 4.74 Å². The molecule has 0 N–H and O–H groups in total. The number of rotatable bonds is 4. The summed E-state index contributed by atoms with van der Waals surface area (Å²) in [5, 5.41) is 0. The zero-order chi connectivity index (χ0) is 12.1. The van der Waals surface area contributed by atoms with Crippen molar-refractivity contribution in [3.8, 4) is 5.75 Å². The molecular weight excluding hydrogens is 298 g/mol. The van der Waals surface area contributed by atoms with Crippen molar-refractivity contribution in [1.82, 2.24) is 4.98 Å². The van der Waals surface area contributed by atoms with E-state index in [9.17, 15) is 0 Å². The summed E-state index contributed by atoms with van der Waals surface area (Å²) < 4.78 is 6.47. The van der Waals surface area contributed by atoms with Crippen molar-refractivity contribution in [3.63, 3.8) is 0 Å². The fourth-order valence-electron chi connectivity index (χ4n) is 1.38. The summed E-state index contributed by atoms with van der Waals surface area (Å²) in [6.45, 7) is 0.567. The molecule has 88 valence electrons. The SMILES string of the molecule is CSc1cccc(COc2ccc(Br)nc2)c1. The molecular formula is C13H12BrNOS. The van der Waals surface area contributed by atoms with Crippen LogP contribution in [0.4, 0.5) is 0 Å². The molecule has 1 aromatic heterocycles. The van der Waals surface area contributed by atoms with Gasteiger partial charge in [0.1, 0.15) is 17.0 Å². The molecule has 0 fully saturated rings. The first-order chi connectivity index (χ1) is 8.28. The van der Waals surface area contributed by atoms with Gasteiger partial charge in [-0.05, 0) is 52.0 Å². The maximum Gasteiger partial charge on any atom is 0.138 e. The second-order valence-electron chi connectivity index (χ2n) is 3.46. The third kappa shape index (κ3) is 3.75. The number of hydrogen-bond acceptors (Lipinski definition) is 3. The Hall–Kier alpha value is -1.00. The third-order valence-corrected chi connectivity index (χ3v) is 3.43. The summed E-state index contributed by atoms with van der Waals surface area (Å²) in [5.41, 5.74) is 1.17. The van der Waals surface area contributed by atoms with Gasteiger partial charge in [-0.2, -0.15) is 0 Å². The first kappa shape index (κ1) is 12.5. The number of hydrogen-bond donors (Lipinski definition) is 0. The van der Waals surface area contributed by atoms with Crippen molar-refractivity contribution in [2.45, 2.75) is 11.5 Å².